The molecule has 0 atom stereocenters. The number of fused-ring (bicyclic) bond motifs is 1. The standard InChI is InChI=1S/C19H20FNO2/c1-13(2)23-18-9-5-7-16-15(18)10-11-21(19(16)22)12-14-6-3-4-8-17(14)20/h3-9,13H,10-12H2,1-2H3. The van der Waals surface area contributed by atoms with E-state index in [1.165, 1.54) is 6.07 Å². The van der Waals surface area contributed by atoms with Crippen LogP contribution in [0.2, 0.25) is 0 Å². The van der Waals surface area contributed by atoms with Gasteiger partial charge in [0.25, 0.3) is 5.91 Å². The van der Waals surface area contributed by atoms with E-state index in [9.17, 15) is 9.18 Å². The molecule has 2 aromatic rings. The van der Waals surface area contributed by atoms with Crippen molar-refractivity contribution in [1.29, 1.82) is 0 Å². The van der Waals surface area contributed by atoms with Crippen molar-refractivity contribution in [3.63, 3.8) is 0 Å². The van der Waals surface area contributed by atoms with E-state index in [1.54, 1.807) is 23.1 Å². The fourth-order valence-electron chi connectivity index (χ4n) is 2.89. The van der Waals surface area contributed by atoms with Gasteiger partial charge in [-0.15, -0.1) is 0 Å². The summed E-state index contributed by atoms with van der Waals surface area (Å²) in [7, 11) is 0. The van der Waals surface area contributed by atoms with Gasteiger partial charge in [-0.3, -0.25) is 4.79 Å². The zero-order valence-electron chi connectivity index (χ0n) is 13.4. The molecule has 0 unspecified atom stereocenters. The van der Waals surface area contributed by atoms with Crippen LogP contribution >= 0.6 is 0 Å². The lowest BCUT2D eigenvalue weighted by Gasteiger charge is -2.30. The molecule has 0 saturated carbocycles. The highest BCUT2D eigenvalue weighted by atomic mass is 19.1. The minimum Gasteiger partial charge on any atom is -0.491 e. The second-order valence-electron chi connectivity index (χ2n) is 6.02. The Balaban J connectivity index is 1.85. The highest BCUT2D eigenvalue weighted by Crippen LogP contribution is 2.29. The largest absolute Gasteiger partial charge is 0.491 e. The highest BCUT2D eigenvalue weighted by Gasteiger charge is 2.27. The number of ether oxygens (including phenoxy) is 1. The summed E-state index contributed by atoms with van der Waals surface area (Å²) in [5, 5.41) is 0. The predicted molar refractivity (Wildman–Crippen MR) is 87.1 cm³/mol. The Hall–Kier alpha value is -2.36. The molecular weight excluding hydrogens is 293 g/mol. The molecule has 0 saturated heterocycles. The molecule has 0 fully saturated rings. The summed E-state index contributed by atoms with van der Waals surface area (Å²) < 4.78 is 19.6. The third-order valence-electron chi connectivity index (χ3n) is 3.96. The lowest BCUT2D eigenvalue weighted by atomic mass is 9.97. The van der Waals surface area contributed by atoms with Gasteiger partial charge in [-0.2, -0.15) is 0 Å². The number of halogens is 1. The molecule has 1 amide bonds. The van der Waals surface area contributed by atoms with E-state index in [2.05, 4.69) is 0 Å². The first-order chi connectivity index (χ1) is 11.1. The molecule has 3 nitrogen and oxygen atoms in total. The molecular formula is C19H20FNO2. The van der Waals surface area contributed by atoms with Crippen LogP contribution in [0.4, 0.5) is 4.39 Å². The Morgan fingerprint density at radius 3 is 2.70 bits per heavy atom. The smallest absolute Gasteiger partial charge is 0.254 e. The van der Waals surface area contributed by atoms with Crippen LogP contribution in [-0.2, 0) is 13.0 Å². The number of carbonyl (C=O) groups is 1. The number of nitrogens with zero attached hydrogens (tertiary/aromatic N) is 1. The van der Waals surface area contributed by atoms with Crippen molar-refractivity contribution in [3.8, 4) is 5.75 Å². The normalized spacial score (nSPS) is 14.1. The van der Waals surface area contributed by atoms with Crippen molar-refractivity contribution >= 4 is 5.91 Å². The van der Waals surface area contributed by atoms with E-state index in [0.717, 1.165) is 17.7 Å². The summed E-state index contributed by atoms with van der Waals surface area (Å²) in [6.07, 6.45) is 0.784. The maximum Gasteiger partial charge on any atom is 0.254 e. The molecule has 23 heavy (non-hydrogen) atoms. The first-order valence-electron chi connectivity index (χ1n) is 7.87. The van der Waals surface area contributed by atoms with Crippen molar-refractivity contribution in [1.82, 2.24) is 4.90 Å². The van der Waals surface area contributed by atoms with Gasteiger partial charge in [-0.1, -0.05) is 24.3 Å². The van der Waals surface area contributed by atoms with Crippen molar-refractivity contribution in [2.45, 2.75) is 32.9 Å². The molecule has 1 heterocycles. The monoisotopic (exact) mass is 313 g/mol. The molecule has 0 bridgehead atoms. The van der Waals surface area contributed by atoms with Gasteiger partial charge in [0.05, 0.1) is 6.10 Å². The van der Waals surface area contributed by atoms with Gasteiger partial charge in [0.2, 0.25) is 0 Å². The lowest BCUT2D eigenvalue weighted by molar-refractivity contribution is 0.0722. The average molecular weight is 313 g/mol. The van der Waals surface area contributed by atoms with E-state index in [4.69, 9.17) is 4.74 Å². The maximum absolute atomic E-state index is 13.8. The van der Waals surface area contributed by atoms with Gasteiger partial charge in [0.15, 0.2) is 0 Å². The molecule has 1 aliphatic rings. The van der Waals surface area contributed by atoms with Crippen molar-refractivity contribution in [2.24, 2.45) is 0 Å². The molecule has 0 aromatic heterocycles. The Labute approximate surface area is 135 Å². The van der Waals surface area contributed by atoms with Gasteiger partial charge in [0.1, 0.15) is 11.6 Å². The van der Waals surface area contributed by atoms with Crippen molar-refractivity contribution in [2.75, 3.05) is 6.54 Å². The van der Waals surface area contributed by atoms with Gasteiger partial charge in [-0.25, -0.2) is 4.39 Å². The molecule has 3 rings (SSSR count). The SMILES string of the molecule is CC(C)Oc1cccc2c1CCN(Cc1ccccc1F)C2=O. The van der Waals surface area contributed by atoms with Gasteiger partial charge in [-0.05, 0) is 38.5 Å². The minimum absolute atomic E-state index is 0.0630. The number of benzene rings is 2. The van der Waals surface area contributed by atoms with Crippen LogP contribution in [0.1, 0.15) is 35.3 Å². The molecule has 120 valence electrons. The Morgan fingerprint density at radius 2 is 1.96 bits per heavy atom. The van der Waals surface area contributed by atoms with Gasteiger partial charge >= 0.3 is 0 Å². The molecule has 4 heteroatoms. The topological polar surface area (TPSA) is 29.5 Å². The van der Waals surface area contributed by atoms with Gasteiger partial charge < -0.3 is 9.64 Å². The van der Waals surface area contributed by atoms with Crippen LogP contribution < -0.4 is 4.74 Å². The Kier molecular flexibility index (Phi) is 4.33. The van der Waals surface area contributed by atoms with Crippen LogP contribution in [0.3, 0.4) is 0 Å². The summed E-state index contributed by atoms with van der Waals surface area (Å²) in [6, 6.07) is 12.1. The van der Waals surface area contributed by atoms with Gasteiger partial charge in [0, 0.05) is 29.8 Å². The fraction of sp³-hybridized carbons (Fsp3) is 0.316. The van der Waals surface area contributed by atoms with Crippen molar-refractivity contribution < 1.29 is 13.9 Å². The second-order valence-corrected chi connectivity index (χ2v) is 6.02. The summed E-state index contributed by atoms with van der Waals surface area (Å²) in [4.78, 5) is 14.4. The van der Waals surface area contributed by atoms with Crippen LogP contribution in [-0.4, -0.2) is 23.5 Å². The highest BCUT2D eigenvalue weighted by molar-refractivity contribution is 5.97. The third kappa shape index (κ3) is 3.21. The molecule has 2 aromatic carbocycles. The van der Waals surface area contributed by atoms with Crippen LogP contribution in [0.15, 0.2) is 42.5 Å². The third-order valence-corrected chi connectivity index (χ3v) is 3.96. The Bertz CT molecular complexity index is 727. The number of rotatable bonds is 4. The van der Waals surface area contributed by atoms with E-state index >= 15 is 0 Å². The van der Waals surface area contributed by atoms with Crippen molar-refractivity contribution in [3.05, 3.63) is 65.0 Å². The number of hydrogen-bond donors (Lipinski definition) is 0. The minimum atomic E-state index is -0.275. The van der Waals surface area contributed by atoms with E-state index in [1.807, 2.05) is 32.0 Å². The maximum atomic E-state index is 13.8. The fourth-order valence-corrected chi connectivity index (χ4v) is 2.89. The quantitative estimate of drug-likeness (QED) is 0.859. The summed E-state index contributed by atoms with van der Waals surface area (Å²) in [5.74, 6) is 0.433. The predicted octanol–water partition coefficient (Wildman–Crippen LogP) is 3.81. The zero-order valence-corrected chi connectivity index (χ0v) is 13.4. The van der Waals surface area contributed by atoms with E-state index in [0.29, 0.717) is 24.2 Å². The van der Waals surface area contributed by atoms with E-state index < -0.39 is 0 Å². The summed E-state index contributed by atoms with van der Waals surface area (Å²) >= 11 is 0. The van der Waals surface area contributed by atoms with E-state index in [-0.39, 0.29) is 17.8 Å². The molecule has 1 aliphatic heterocycles. The zero-order chi connectivity index (χ0) is 16.4. The average Bonchev–Trinajstić information content (AvgIpc) is 2.52. The summed E-state index contributed by atoms with van der Waals surface area (Å²) in [5.41, 5.74) is 2.15. The number of amides is 1. The van der Waals surface area contributed by atoms with Crippen LogP contribution in [0.25, 0.3) is 0 Å². The molecule has 0 aliphatic carbocycles. The number of carbonyl (C=O) groups excluding carboxylic acids is 1. The summed E-state index contributed by atoms with van der Waals surface area (Å²) in [6.45, 7) is 4.79. The first kappa shape index (κ1) is 15.5. The molecule has 0 spiro atoms. The first-order valence-corrected chi connectivity index (χ1v) is 7.87. The molecule has 0 N–H and O–H groups in total. The number of hydrogen-bond acceptors (Lipinski definition) is 2. The van der Waals surface area contributed by atoms with Crippen LogP contribution in [0, 0.1) is 5.82 Å². The second kappa shape index (κ2) is 6.41. The van der Waals surface area contributed by atoms with Crippen LogP contribution in [0.5, 0.6) is 5.75 Å². The lowest BCUT2D eigenvalue weighted by Crippen LogP contribution is -2.37. The Morgan fingerprint density at radius 1 is 1.17 bits per heavy atom. The molecule has 0 radical (unpaired) electrons.